The molecule has 1 aromatic carbocycles. The molecule has 0 N–H and O–H groups in total. The van der Waals surface area contributed by atoms with Gasteiger partial charge in [-0.05, 0) is 49.3 Å². The Hall–Kier alpha value is -2.17. The number of rotatable bonds is 4. The summed E-state index contributed by atoms with van der Waals surface area (Å²) in [5.41, 5.74) is 0.559. The van der Waals surface area contributed by atoms with Crippen LogP contribution in [-0.4, -0.2) is 33.4 Å². The summed E-state index contributed by atoms with van der Waals surface area (Å²) in [6, 6.07) is 6.47. The Morgan fingerprint density at radius 1 is 1.32 bits per heavy atom. The lowest BCUT2D eigenvalue weighted by Crippen LogP contribution is -2.45. The molecule has 4 nitrogen and oxygen atoms in total. The van der Waals surface area contributed by atoms with Crippen molar-refractivity contribution in [3.8, 4) is 0 Å². The van der Waals surface area contributed by atoms with Crippen molar-refractivity contribution in [3.05, 3.63) is 53.9 Å². The Labute approximate surface area is 147 Å². The summed E-state index contributed by atoms with van der Waals surface area (Å²) in [5.74, 6) is 1.52. The van der Waals surface area contributed by atoms with E-state index < -0.39 is 5.41 Å². The molecule has 0 bridgehead atoms. The maximum absolute atomic E-state index is 13.2. The third-order valence-electron chi connectivity index (χ3n) is 5.75. The number of hydrogen-bond acceptors (Lipinski definition) is 2. The van der Waals surface area contributed by atoms with Gasteiger partial charge < -0.3 is 9.47 Å². The molecule has 4 rings (SSSR count). The predicted molar refractivity (Wildman–Crippen MR) is 93.5 cm³/mol. The number of amides is 1. The fourth-order valence-corrected chi connectivity index (χ4v) is 4.09. The van der Waals surface area contributed by atoms with E-state index in [0.29, 0.717) is 5.92 Å². The van der Waals surface area contributed by atoms with E-state index >= 15 is 0 Å². The van der Waals surface area contributed by atoms with Crippen LogP contribution in [0, 0.1) is 11.7 Å². The summed E-state index contributed by atoms with van der Waals surface area (Å²) < 4.78 is 15.3. The summed E-state index contributed by atoms with van der Waals surface area (Å²) in [7, 11) is 2.02. The number of aromatic nitrogens is 2. The Bertz CT molecular complexity index is 764. The van der Waals surface area contributed by atoms with Crippen LogP contribution in [-0.2, 0) is 23.7 Å². The van der Waals surface area contributed by atoms with E-state index in [9.17, 15) is 9.18 Å². The largest absolute Gasteiger partial charge is 0.342 e. The van der Waals surface area contributed by atoms with Gasteiger partial charge in [0.25, 0.3) is 0 Å². The number of nitrogens with zero attached hydrogens (tertiary/aromatic N) is 3. The Morgan fingerprint density at radius 3 is 2.72 bits per heavy atom. The fraction of sp³-hybridized carbons (Fsp3) is 0.500. The van der Waals surface area contributed by atoms with Crippen LogP contribution in [0.15, 0.2) is 36.7 Å². The zero-order valence-electron chi connectivity index (χ0n) is 14.6. The maximum atomic E-state index is 13.2. The van der Waals surface area contributed by atoms with Crippen LogP contribution in [0.4, 0.5) is 4.39 Å². The first-order valence-corrected chi connectivity index (χ1v) is 9.10. The number of carbonyl (C=O) groups excluding carboxylic acids is 1. The number of hydrogen-bond donors (Lipinski definition) is 0. The van der Waals surface area contributed by atoms with Crippen LogP contribution in [0.1, 0.15) is 37.1 Å². The lowest BCUT2D eigenvalue weighted by molar-refractivity contribution is -0.135. The first-order valence-electron chi connectivity index (χ1n) is 9.10. The monoisotopic (exact) mass is 341 g/mol. The number of aryl methyl sites for hydroxylation is 1. The smallest absolute Gasteiger partial charge is 0.233 e. The molecule has 2 aliphatic rings. The third kappa shape index (κ3) is 3.08. The van der Waals surface area contributed by atoms with Crippen LogP contribution in [0.5, 0.6) is 0 Å². The minimum Gasteiger partial charge on any atom is -0.342 e. The molecule has 0 radical (unpaired) electrons. The Balaban J connectivity index is 1.46. The van der Waals surface area contributed by atoms with Gasteiger partial charge in [-0.2, -0.15) is 0 Å². The van der Waals surface area contributed by atoms with Gasteiger partial charge in [0.05, 0.1) is 5.41 Å². The highest BCUT2D eigenvalue weighted by atomic mass is 19.1. The molecule has 25 heavy (non-hydrogen) atoms. The number of benzene rings is 1. The molecule has 1 saturated carbocycles. The van der Waals surface area contributed by atoms with Crippen molar-refractivity contribution in [2.24, 2.45) is 13.0 Å². The molecule has 2 aromatic rings. The number of halogens is 1. The van der Waals surface area contributed by atoms with Crippen LogP contribution in [0.3, 0.4) is 0 Å². The standard InChI is InChI=1S/C20H24FN3O/c1-23-12-10-22-18(23)13-15-3-2-11-24(14-15)19(25)20(8-9-20)16-4-6-17(21)7-5-16/h4-7,10,12,15H,2-3,8-9,11,13-14H2,1H3/t15-/m0/s1. The van der Waals surface area contributed by atoms with E-state index in [2.05, 4.69) is 9.55 Å². The molecule has 1 aliphatic carbocycles. The molecule has 1 saturated heterocycles. The average molecular weight is 341 g/mol. The van der Waals surface area contributed by atoms with E-state index in [-0.39, 0.29) is 11.7 Å². The van der Waals surface area contributed by atoms with Gasteiger partial charge in [-0.3, -0.25) is 4.79 Å². The molecular weight excluding hydrogens is 317 g/mol. The first kappa shape index (κ1) is 16.3. The topological polar surface area (TPSA) is 38.1 Å². The number of carbonyl (C=O) groups is 1. The van der Waals surface area contributed by atoms with Gasteiger partial charge in [-0.1, -0.05) is 12.1 Å². The molecule has 1 amide bonds. The zero-order valence-corrected chi connectivity index (χ0v) is 14.6. The number of imidazole rings is 1. The number of likely N-dealkylation sites (tertiary alicyclic amines) is 1. The lowest BCUT2D eigenvalue weighted by Gasteiger charge is -2.35. The summed E-state index contributed by atoms with van der Waals surface area (Å²) in [6.07, 6.45) is 8.64. The molecule has 1 aliphatic heterocycles. The molecule has 5 heteroatoms. The molecule has 132 valence electrons. The van der Waals surface area contributed by atoms with E-state index in [1.807, 2.05) is 24.3 Å². The van der Waals surface area contributed by atoms with E-state index in [1.54, 1.807) is 12.1 Å². The van der Waals surface area contributed by atoms with Crippen molar-refractivity contribution in [3.63, 3.8) is 0 Å². The predicted octanol–water partition coefficient (Wildman–Crippen LogP) is 3.07. The van der Waals surface area contributed by atoms with Gasteiger partial charge >= 0.3 is 0 Å². The van der Waals surface area contributed by atoms with Crippen LogP contribution in [0.25, 0.3) is 0 Å². The average Bonchev–Trinajstić information content (AvgIpc) is 3.34. The lowest BCUT2D eigenvalue weighted by atomic mass is 9.90. The molecular formula is C20H24FN3O. The zero-order chi connectivity index (χ0) is 17.4. The van der Waals surface area contributed by atoms with Crippen molar-refractivity contribution in [1.82, 2.24) is 14.5 Å². The second-order valence-electron chi connectivity index (χ2n) is 7.51. The highest BCUT2D eigenvalue weighted by Gasteiger charge is 2.53. The van der Waals surface area contributed by atoms with Crippen molar-refractivity contribution >= 4 is 5.91 Å². The SMILES string of the molecule is Cn1ccnc1C[C@@H]1CCCN(C(=O)C2(c3ccc(F)cc3)CC2)C1. The van der Waals surface area contributed by atoms with E-state index in [0.717, 1.165) is 56.6 Å². The summed E-state index contributed by atoms with van der Waals surface area (Å²) in [5, 5.41) is 0. The van der Waals surface area contributed by atoms with E-state index in [1.165, 1.54) is 12.1 Å². The molecule has 0 spiro atoms. The maximum Gasteiger partial charge on any atom is 0.233 e. The number of piperidine rings is 1. The Morgan fingerprint density at radius 2 is 2.08 bits per heavy atom. The minimum absolute atomic E-state index is 0.226. The highest BCUT2D eigenvalue weighted by molar-refractivity contribution is 5.91. The molecule has 2 heterocycles. The van der Waals surface area contributed by atoms with Gasteiger partial charge in [-0.15, -0.1) is 0 Å². The van der Waals surface area contributed by atoms with Crippen molar-refractivity contribution in [2.75, 3.05) is 13.1 Å². The van der Waals surface area contributed by atoms with E-state index in [4.69, 9.17) is 0 Å². The Kier molecular flexibility index (Phi) is 4.10. The van der Waals surface area contributed by atoms with Gasteiger partial charge in [0.1, 0.15) is 11.6 Å². The van der Waals surface area contributed by atoms with Crippen molar-refractivity contribution < 1.29 is 9.18 Å². The fourth-order valence-electron chi connectivity index (χ4n) is 4.09. The van der Waals surface area contributed by atoms with Gasteiger partial charge in [0.2, 0.25) is 5.91 Å². The highest BCUT2D eigenvalue weighted by Crippen LogP contribution is 2.50. The second kappa shape index (κ2) is 6.28. The summed E-state index contributed by atoms with van der Waals surface area (Å²) in [4.78, 5) is 19.6. The molecule has 2 fully saturated rings. The van der Waals surface area contributed by atoms with Gasteiger partial charge in [0.15, 0.2) is 0 Å². The van der Waals surface area contributed by atoms with Crippen molar-refractivity contribution in [1.29, 1.82) is 0 Å². The van der Waals surface area contributed by atoms with Crippen LogP contribution >= 0.6 is 0 Å². The summed E-state index contributed by atoms with van der Waals surface area (Å²) in [6.45, 7) is 1.63. The summed E-state index contributed by atoms with van der Waals surface area (Å²) >= 11 is 0. The molecule has 1 aromatic heterocycles. The van der Waals surface area contributed by atoms with Crippen molar-refractivity contribution in [2.45, 2.75) is 37.5 Å². The van der Waals surface area contributed by atoms with Gasteiger partial charge in [0, 0.05) is 39.0 Å². The minimum atomic E-state index is -0.404. The second-order valence-corrected chi connectivity index (χ2v) is 7.51. The quantitative estimate of drug-likeness (QED) is 0.857. The molecule has 0 unspecified atom stereocenters. The molecule has 1 atom stereocenters. The van der Waals surface area contributed by atoms with Crippen LogP contribution in [0.2, 0.25) is 0 Å². The normalized spacial score (nSPS) is 22.0. The van der Waals surface area contributed by atoms with Crippen LogP contribution < -0.4 is 0 Å². The third-order valence-corrected chi connectivity index (χ3v) is 5.75. The van der Waals surface area contributed by atoms with Gasteiger partial charge in [-0.25, -0.2) is 9.37 Å². The first-order chi connectivity index (χ1) is 12.1.